The Hall–Kier alpha value is -2.29. The molecule has 0 fully saturated rings. The van der Waals surface area contributed by atoms with Crippen molar-refractivity contribution >= 4 is 6.16 Å². The Balaban J connectivity index is 2.14. The molecule has 0 aliphatic heterocycles. The summed E-state index contributed by atoms with van der Waals surface area (Å²) in [7, 11) is 0. The molecule has 0 aromatic heterocycles. The van der Waals surface area contributed by atoms with Gasteiger partial charge in [0, 0.05) is 5.92 Å². The summed E-state index contributed by atoms with van der Waals surface area (Å²) in [6.07, 6.45) is 4.81. The summed E-state index contributed by atoms with van der Waals surface area (Å²) in [4.78, 5) is 10.4. The maximum absolute atomic E-state index is 10.4. The molecule has 0 aliphatic rings. The minimum Gasteiger partial charge on any atom is -0.450 e. The van der Waals surface area contributed by atoms with Crippen molar-refractivity contribution in [2.45, 2.75) is 58.3 Å². The number of aryl methyl sites for hydroxylation is 1. The van der Waals surface area contributed by atoms with E-state index < -0.39 is 6.16 Å². The fourth-order valence-corrected chi connectivity index (χ4v) is 3.72. The molecule has 0 radical (unpaired) electrons. The van der Waals surface area contributed by atoms with Crippen molar-refractivity contribution in [1.82, 2.24) is 0 Å². The van der Waals surface area contributed by atoms with Crippen molar-refractivity contribution in [3.05, 3.63) is 70.8 Å². The van der Waals surface area contributed by atoms with E-state index in [2.05, 4.69) is 67.1 Å². The molecule has 26 heavy (non-hydrogen) atoms. The van der Waals surface area contributed by atoms with Gasteiger partial charge in [-0.05, 0) is 47.9 Å². The van der Waals surface area contributed by atoms with Gasteiger partial charge < -0.3 is 9.84 Å². The van der Waals surface area contributed by atoms with Gasteiger partial charge in [-0.25, -0.2) is 4.79 Å². The molecule has 3 heteroatoms. The topological polar surface area (TPSA) is 46.5 Å². The Morgan fingerprint density at radius 3 is 2.38 bits per heavy atom. The summed E-state index contributed by atoms with van der Waals surface area (Å²) < 4.78 is 4.60. The van der Waals surface area contributed by atoms with Crippen LogP contribution in [0.25, 0.3) is 0 Å². The maximum atomic E-state index is 10.4. The van der Waals surface area contributed by atoms with Crippen molar-refractivity contribution in [2.75, 3.05) is 6.61 Å². The molecule has 140 valence electrons. The van der Waals surface area contributed by atoms with Crippen LogP contribution in [0, 0.1) is 0 Å². The third-order valence-corrected chi connectivity index (χ3v) is 4.98. The first-order chi connectivity index (χ1) is 12.7. The highest BCUT2D eigenvalue weighted by atomic mass is 16.7. The summed E-state index contributed by atoms with van der Waals surface area (Å²) >= 11 is 0. The molecule has 0 amide bonds. The van der Waals surface area contributed by atoms with Gasteiger partial charge in [0.15, 0.2) is 0 Å². The van der Waals surface area contributed by atoms with E-state index in [0.717, 1.165) is 38.5 Å². The normalized spacial score (nSPS) is 11.9. The van der Waals surface area contributed by atoms with E-state index in [9.17, 15) is 4.79 Å². The lowest BCUT2D eigenvalue weighted by molar-refractivity contribution is 0.0899. The second-order valence-electron chi connectivity index (χ2n) is 6.62. The van der Waals surface area contributed by atoms with Crippen LogP contribution in [0.3, 0.4) is 0 Å². The van der Waals surface area contributed by atoms with Crippen LogP contribution in [0.4, 0.5) is 4.79 Å². The zero-order valence-electron chi connectivity index (χ0n) is 15.9. The second kappa shape index (κ2) is 10.6. The third kappa shape index (κ3) is 5.62. The highest BCUT2D eigenvalue weighted by Gasteiger charge is 2.18. The van der Waals surface area contributed by atoms with Crippen LogP contribution in [0.1, 0.15) is 67.7 Å². The number of hydrogen-bond donors (Lipinski definition) is 1. The standard InChI is InChI=1S/C23H30O3/c1-3-18-14-11-16-22(20(18)4-2)21(19-12-7-5-8-13-19)15-9-6-10-17-26-23(24)25/h5,7-8,11-14,16,21H,3-4,6,9-10,15,17H2,1-2H3,(H,24,25). The molecule has 1 N–H and O–H groups in total. The predicted octanol–water partition coefficient (Wildman–Crippen LogP) is 6.20. The lowest BCUT2D eigenvalue weighted by atomic mass is 9.82. The van der Waals surface area contributed by atoms with E-state index in [1.807, 2.05) is 0 Å². The van der Waals surface area contributed by atoms with Gasteiger partial charge in [0.05, 0.1) is 6.61 Å². The number of carbonyl (C=O) groups is 1. The summed E-state index contributed by atoms with van der Waals surface area (Å²) in [6.45, 7) is 4.75. The average Bonchev–Trinajstić information content (AvgIpc) is 2.67. The Bertz CT molecular complexity index is 679. The molecule has 1 unspecified atom stereocenters. The fourth-order valence-electron chi connectivity index (χ4n) is 3.72. The zero-order chi connectivity index (χ0) is 18.8. The minimum atomic E-state index is -1.18. The van der Waals surface area contributed by atoms with E-state index in [1.54, 1.807) is 0 Å². The van der Waals surface area contributed by atoms with Gasteiger partial charge >= 0.3 is 6.16 Å². The molecule has 3 nitrogen and oxygen atoms in total. The zero-order valence-corrected chi connectivity index (χ0v) is 15.9. The summed E-state index contributed by atoms with van der Waals surface area (Å²) in [6, 6.07) is 17.4. The second-order valence-corrected chi connectivity index (χ2v) is 6.62. The molecule has 2 aromatic carbocycles. The van der Waals surface area contributed by atoms with Crippen LogP contribution in [0.5, 0.6) is 0 Å². The Kier molecular flexibility index (Phi) is 8.20. The Labute approximate surface area is 157 Å². The molecule has 2 aromatic rings. The molecule has 0 saturated carbocycles. The van der Waals surface area contributed by atoms with Gasteiger partial charge in [0.25, 0.3) is 0 Å². The molecule has 0 saturated heterocycles. The summed E-state index contributed by atoms with van der Waals surface area (Å²) in [5.74, 6) is 0.387. The number of ether oxygens (including phenoxy) is 1. The Morgan fingerprint density at radius 2 is 1.73 bits per heavy atom. The van der Waals surface area contributed by atoms with Gasteiger partial charge in [-0.3, -0.25) is 0 Å². The maximum Gasteiger partial charge on any atom is 0.505 e. The van der Waals surface area contributed by atoms with Crippen LogP contribution >= 0.6 is 0 Å². The molecule has 1 atom stereocenters. The molecule has 0 aliphatic carbocycles. The SMILES string of the molecule is CCc1cccc(C(CCCCCOC(=O)O)c2ccccc2)c1CC. The Morgan fingerprint density at radius 1 is 0.962 bits per heavy atom. The highest BCUT2D eigenvalue weighted by molar-refractivity contribution is 5.56. The van der Waals surface area contributed by atoms with Crippen LogP contribution in [-0.2, 0) is 17.6 Å². The van der Waals surface area contributed by atoms with Gasteiger partial charge in [-0.15, -0.1) is 0 Å². The van der Waals surface area contributed by atoms with Crippen molar-refractivity contribution < 1.29 is 14.6 Å². The first kappa shape index (κ1) is 20.0. The van der Waals surface area contributed by atoms with Crippen molar-refractivity contribution in [2.24, 2.45) is 0 Å². The molecule has 0 spiro atoms. The van der Waals surface area contributed by atoms with Crippen molar-refractivity contribution in [1.29, 1.82) is 0 Å². The highest BCUT2D eigenvalue weighted by Crippen LogP contribution is 2.34. The van der Waals surface area contributed by atoms with Gasteiger partial charge in [0.1, 0.15) is 0 Å². The van der Waals surface area contributed by atoms with E-state index in [0.29, 0.717) is 5.92 Å². The molecule has 2 rings (SSSR count). The van der Waals surface area contributed by atoms with Gasteiger partial charge in [-0.1, -0.05) is 75.2 Å². The van der Waals surface area contributed by atoms with E-state index in [-0.39, 0.29) is 6.61 Å². The fraction of sp³-hybridized carbons (Fsp3) is 0.435. The van der Waals surface area contributed by atoms with Crippen LogP contribution in [-0.4, -0.2) is 17.9 Å². The number of rotatable bonds is 10. The number of benzene rings is 2. The van der Waals surface area contributed by atoms with E-state index in [4.69, 9.17) is 5.11 Å². The molecular weight excluding hydrogens is 324 g/mol. The molecular formula is C23H30O3. The van der Waals surface area contributed by atoms with Crippen molar-refractivity contribution in [3.63, 3.8) is 0 Å². The number of carboxylic acid groups (broad SMARTS) is 1. The number of hydrogen-bond acceptors (Lipinski definition) is 2. The van der Waals surface area contributed by atoms with Crippen LogP contribution < -0.4 is 0 Å². The molecule has 0 bridgehead atoms. The predicted molar refractivity (Wildman–Crippen MR) is 106 cm³/mol. The van der Waals surface area contributed by atoms with Gasteiger partial charge in [0.2, 0.25) is 0 Å². The van der Waals surface area contributed by atoms with Crippen LogP contribution in [0.15, 0.2) is 48.5 Å². The lowest BCUT2D eigenvalue weighted by Gasteiger charge is -2.23. The average molecular weight is 354 g/mol. The quantitative estimate of drug-likeness (QED) is 0.408. The van der Waals surface area contributed by atoms with Crippen molar-refractivity contribution in [3.8, 4) is 0 Å². The third-order valence-electron chi connectivity index (χ3n) is 4.98. The minimum absolute atomic E-state index is 0.289. The number of unbranched alkanes of at least 4 members (excludes halogenated alkanes) is 2. The summed E-state index contributed by atoms with van der Waals surface area (Å²) in [5, 5.41) is 8.54. The monoisotopic (exact) mass is 354 g/mol. The first-order valence-corrected chi connectivity index (χ1v) is 9.68. The van der Waals surface area contributed by atoms with Crippen LogP contribution in [0.2, 0.25) is 0 Å². The largest absolute Gasteiger partial charge is 0.505 e. The first-order valence-electron chi connectivity index (χ1n) is 9.68. The smallest absolute Gasteiger partial charge is 0.450 e. The van der Waals surface area contributed by atoms with E-state index >= 15 is 0 Å². The van der Waals surface area contributed by atoms with E-state index in [1.165, 1.54) is 22.3 Å². The molecule has 0 heterocycles. The summed E-state index contributed by atoms with van der Waals surface area (Å²) in [5.41, 5.74) is 5.73. The lowest BCUT2D eigenvalue weighted by Crippen LogP contribution is -2.07. The van der Waals surface area contributed by atoms with Gasteiger partial charge in [-0.2, -0.15) is 0 Å².